The van der Waals surface area contributed by atoms with Gasteiger partial charge in [0.15, 0.2) is 11.5 Å². The minimum Gasteiger partial charge on any atom is -0.493 e. The van der Waals surface area contributed by atoms with Crippen LogP contribution in [0.15, 0.2) is 36.4 Å². The Morgan fingerprint density at radius 3 is 2.48 bits per heavy atom. The maximum Gasteiger partial charge on any atom is 0.222 e. The van der Waals surface area contributed by atoms with Gasteiger partial charge in [0.1, 0.15) is 18.4 Å². The van der Waals surface area contributed by atoms with Crippen molar-refractivity contribution in [2.24, 2.45) is 5.92 Å². The number of quaternary nitrogens is 1. The lowest BCUT2D eigenvalue weighted by Crippen LogP contribution is -3.13. The number of methoxy groups -OCH3 is 2. The van der Waals surface area contributed by atoms with Crippen LogP contribution in [0.5, 0.6) is 11.5 Å². The van der Waals surface area contributed by atoms with E-state index in [1.807, 2.05) is 38.1 Å². The molecule has 5 nitrogen and oxygen atoms in total. The first-order valence-electron chi connectivity index (χ1n) is 11.0. The van der Waals surface area contributed by atoms with Crippen LogP contribution in [0.1, 0.15) is 49.9 Å². The van der Waals surface area contributed by atoms with E-state index >= 15 is 0 Å². The zero-order valence-electron chi connectivity index (χ0n) is 19.1. The summed E-state index contributed by atoms with van der Waals surface area (Å²) in [6.07, 6.45) is 1.63. The Kier molecular flexibility index (Phi) is 7.55. The number of halogens is 1. The standard InChI is InChI=1S/C25H33FN2O3/c1-6-21(27-25(29)16(2)3)24-19-14-23(31-5)22(30-4)13-17(19)11-12-28(24)15-18-9-7-8-10-20(18)26/h7-10,13-14,16,21,24H,6,11-12,15H2,1-5H3,(H,27,29)/p+1/t21-,24+/m1/s1. The smallest absolute Gasteiger partial charge is 0.222 e. The van der Waals surface area contributed by atoms with E-state index in [9.17, 15) is 9.18 Å². The van der Waals surface area contributed by atoms with Crippen LogP contribution < -0.4 is 19.7 Å². The number of carbonyl (C=O) groups excluding carboxylic acids is 1. The van der Waals surface area contributed by atoms with Gasteiger partial charge in [-0.15, -0.1) is 0 Å². The van der Waals surface area contributed by atoms with Gasteiger partial charge in [0.2, 0.25) is 5.91 Å². The highest BCUT2D eigenvalue weighted by Gasteiger charge is 2.38. The molecule has 1 aliphatic heterocycles. The summed E-state index contributed by atoms with van der Waals surface area (Å²) in [6, 6.07) is 10.9. The van der Waals surface area contributed by atoms with E-state index in [4.69, 9.17) is 9.47 Å². The molecule has 1 aliphatic rings. The van der Waals surface area contributed by atoms with Crippen molar-refractivity contribution in [1.82, 2.24) is 5.32 Å². The molecule has 0 aromatic heterocycles. The van der Waals surface area contributed by atoms with E-state index in [1.165, 1.54) is 16.5 Å². The Balaban J connectivity index is 2.05. The minimum absolute atomic E-state index is 0.0177. The molecule has 6 heteroatoms. The van der Waals surface area contributed by atoms with Gasteiger partial charge in [0.25, 0.3) is 0 Å². The Bertz CT molecular complexity index is 916. The van der Waals surface area contributed by atoms with Crippen LogP contribution in [0.2, 0.25) is 0 Å². The molecular weight excluding hydrogens is 395 g/mol. The average molecular weight is 430 g/mol. The number of fused-ring (bicyclic) bond motifs is 1. The monoisotopic (exact) mass is 429 g/mol. The summed E-state index contributed by atoms with van der Waals surface area (Å²) in [6.45, 7) is 7.28. The van der Waals surface area contributed by atoms with E-state index in [2.05, 4.69) is 12.2 Å². The topological polar surface area (TPSA) is 52.0 Å². The third-order valence-corrected chi connectivity index (χ3v) is 6.21. The van der Waals surface area contributed by atoms with Gasteiger partial charge in [-0.05, 0) is 30.2 Å². The quantitative estimate of drug-likeness (QED) is 0.678. The molecule has 0 radical (unpaired) electrons. The van der Waals surface area contributed by atoms with Crippen LogP contribution in [0.3, 0.4) is 0 Å². The molecule has 3 atom stereocenters. The third-order valence-electron chi connectivity index (χ3n) is 6.21. The summed E-state index contributed by atoms with van der Waals surface area (Å²) in [7, 11) is 3.27. The predicted octanol–water partition coefficient (Wildman–Crippen LogP) is 3.08. The molecule has 1 unspecified atom stereocenters. The first kappa shape index (κ1) is 23.1. The number of hydrogen-bond donors (Lipinski definition) is 2. The second-order valence-corrected chi connectivity index (χ2v) is 8.49. The van der Waals surface area contributed by atoms with E-state index in [0.29, 0.717) is 23.6 Å². The second kappa shape index (κ2) is 10.1. The number of carbonyl (C=O) groups is 1. The number of amides is 1. The van der Waals surface area contributed by atoms with Crippen LogP contribution in [0.25, 0.3) is 0 Å². The fourth-order valence-corrected chi connectivity index (χ4v) is 4.47. The number of ether oxygens (including phenoxy) is 2. The molecule has 2 N–H and O–H groups in total. The summed E-state index contributed by atoms with van der Waals surface area (Å²) in [5.41, 5.74) is 3.01. The van der Waals surface area contributed by atoms with Gasteiger partial charge in [0, 0.05) is 23.5 Å². The van der Waals surface area contributed by atoms with Crippen LogP contribution in [0.4, 0.5) is 4.39 Å². The summed E-state index contributed by atoms with van der Waals surface area (Å²) in [4.78, 5) is 13.8. The fraction of sp³-hybridized carbons (Fsp3) is 0.480. The van der Waals surface area contributed by atoms with E-state index in [0.717, 1.165) is 24.9 Å². The minimum atomic E-state index is -0.189. The molecule has 0 aliphatic carbocycles. The van der Waals surface area contributed by atoms with Gasteiger partial charge in [-0.3, -0.25) is 4.79 Å². The highest BCUT2D eigenvalue weighted by Crippen LogP contribution is 2.35. The Labute approximate surface area is 184 Å². The third kappa shape index (κ3) is 5.01. The average Bonchev–Trinajstić information content (AvgIpc) is 2.77. The molecule has 1 amide bonds. The van der Waals surface area contributed by atoms with Crippen molar-refractivity contribution in [3.05, 3.63) is 58.9 Å². The SMILES string of the molecule is CC[C@@H](NC(=O)C(C)C)[C@@H]1c2cc(OC)c(OC)cc2CC[NH+]1Cc1ccccc1F. The first-order valence-corrected chi connectivity index (χ1v) is 11.0. The molecule has 0 spiro atoms. The number of benzene rings is 2. The molecule has 0 saturated carbocycles. The van der Waals surface area contributed by atoms with Crippen LogP contribution in [-0.4, -0.2) is 32.7 Å². The predicted molar refractivity (Wildman–Crippen MR) is 119 cm³/mol. The van der Waals surface area contributed by atoms with Crippen LogP contribution in [-0.2, 0) is 17.8 Å². The molecule has 168 valence electrons. The van der Waals surface area contributed by atoms with E-state index in [1.54, 1.807) is 20.3 Å². The fourth-order valence-electron chi connectivity index (χ4n) is 4.47. The van der Waals surface area contributed by atoms with Crippen molar-refractivity contribution < 1.29 is 23.6 Å². The van der Waals surface area contributed by atoms with Gasteiger partial charge in [-0.25, -0.2) is 4.39 Å². The van der Waals surface area contributed by atoms with E-state index < -0.39 is 0 Å². The lowest BCUT2D eigenvalue weighted by Gasteiger charge is -2.39. The Morgan fingerprint density at radius 2 is 1.87 bits per heavy atom. The van der Waals surface area contributed by atoms with Gasteiger partial charge >= 0.3 is 0 Å². The molecule has 2 aromatic carbocycles. The highest BCUT2D eigenvalue weighted by molar-refractivity contribution is 5.78. The Hall–Kier alpha value is -2.60. The van der Waals surface area contributed by atoms with Crippen molar-refractivity contribution in [3.63, 3.8) is 0 Å². The van der Waals surface area contributed by atoms with Crippen molar-refractivity contribution in [3.8, 4) is 11.5 Å². The first-order chi connectivity index (χ1) is 14.9. The second-order valence-electron chi connectivity index (χ2n) is 8.49. The van der Waals surface area contributed by atoms with Gasteiger partial charge < -0.3 is 19.7 Å². The molecule has 0 bridgehead atoms. The molecular formula is C25H34FN2O3+. The van der Waals surface area contributed by atoms with E-state index in [-0.39, 0.29) is 29.7 Å². The maximum atomic E-state index is 14.5. The van der Waals surface area contributed by atoms with Gasteiger partial charge in [-0.1, -0.05) is 39.0 Å². The van der Waals surface area contributed by atoms with Gasteiger partial charge in [-0.2, -0.15) is 0 Å². The number of rotatable bonds is 8. The molecule has 2 aromatic rings. The van der Waals surface area contributed by atoms with Crippen molar-refractivity contribution >= 4 is 5.91 Å². The summed E-state index contributed by atoms with van der Waals surface area (Å²) < 4.78 is 25.5. The highest BCUT2D eigenvalue weighted by atomic mass is 19.1. The molecule has 1 heterocycles. The Morgan fingerprint density at radius 1 is 1.19 bits per heavy atom. The van der Waals surface area contributed by atoms with Crippen molar-refractivity contribution in [2.75, 3.05) is 20.8 Å². The zero-order chi connectivity index (χ0) is 22.5. The summed E-state index contributed by atoms with van der Waals surface area (Å²) in [5.74, 6) is 1.12. The zero-order valence-corrected chi connectivity index (χ0v) is 19.1. The molecule has 3 rings (SSSR count). The van der Waals surface area contributed by atoms with Crippen LogP contribution >= 0.6 is 0 Å². The maximum absolute atomic E-state index is 14.5. The lowest BCUT2D eigenvalue weighted by atomic mass is 9.86. The number of hydrogen-bond acceptors (Lipinski definition) is 3. The lowest BCUT2D eigenvalue weighted by molar-refractivity contribution is -0.948. The normalized spacial score (nSPS) is 18.9. The summed E-state index contributed by atoms with van der Waals surface area (Å²) in [5, 5.41) is 3.25. The van der Waals surface area contributed by atoms with Crippen molar-refractivity contribution in [2.45, 2.75) is 52.2 Å². The summed E-state index contributed by atoms with van der Waals surface area (Å²) >= 11 is 0. The largest absolute Gasteiger partial charge is 0.493 e. The van der Waals surface area contributed by atoms with Gasteiger partial charge in [0.05, 0.1) is 26.8 Å². The van der Waals surface area contributed by atoms with Crippen molar-refractivity contribution in [1.29, 1.82) is 0 Å². The number of nitrogens with one attached hydrogen (secondary N) is 2. The van der Waals surface area contributed by atoms with Crippen LogP contribution in [0, 0.1) is 11.7 Å². The molecule has 0 fully saturated rings. The molecule has 31 heavy (non-hydrogen) atoms. The molecule has 0 saturated heterocycles.